The highest BCUT2D eigenvalue weighted by atomic mass is 16.5. The highest BCUT2D eigenvalue weighted by Crippen LogP contribution is 2.40. The van der Waals surface area contributed by atoms with Gasteiger partial charge in [-0.2, -0.15) is 5.10 Å². The van der Waals surface area contributed by atoms with Crippen LogP contribution in [0.15, 0.2) is 109 Å². The zero-order chi connectivity index (χ0) is 34.4. The van der Waals surface area contributed by atoms with Gasteiger partial charge >= 0.3 is 0 Å². The van der Waals surface area contributed by atoms with Crippen LogP contribution in [0.1, 0.15) is 77.3 Å². The number of rotatable bonds is 8. The predicted octanol–water partition coefficient (Wildman–Crippen LogP) is 11.4. The van der Waals surface area contributed by atoms with Gasteiger partial charge in [0.05, 0.1) is 35.2 Å². The summed E-state index contributed by atoms with van der Waals surface area (Å²) >= 11 is 0. The van der Waals surface area contributed by atoms with Gasteiger partial charge in [0, 0.05) is 40.7 Å². The Morgan fingerprint density at radius 3 is 2.12 bits per heavy atom. The Bertz CT molecular complexity index is 2290. The van der Waals surface area contributed by atoms with E-state index in [-0.39, 0.29) is 17.3 Å². The van der Waals surface area contributed by atoms with Gasteiger partial charge in [0.1, 0.15) is 23.1 Å². The lowest BCUT2D eigenvalue weighted by molar-refractivity contribution is 0.414. The summed E-state index contributed by atoms with van der Waals surface area (Å²) in [7, 11) is 1.68. The zero-order valence-corrected chi connectivity index (χ0v) is 29.7. The molecule has 4 aromatic carbocycles. The van der Waals surface area contributed by atoms with Gasteiger partial charge in [-0.25, -0.2) is 9.67 Å². The van der Waals surface area contributed by atoms with E-state index in [1.54, 1.807) is 13.3 Å². The van der Waals surface area contributed by atoms with Crippen LogP contribution < -0.4 is 9.47 Å². The molecular weight excluding hydrogens is 604 g/mol. The Labute approximate surface area is 289 Å². The molecule has 0 aliphatic heterocycles. The number of nitrogens with zero attached hydrogens (tertiary/aromatic N) is 4. The minimum Gasteiger partial charge on any atom is -0.497 e. The molecule has 248 valence electrons. The second-order valence-electron chi connectivity index (χ2n) is 14.4. The zero-order valence-electron chi connectivity index (χ0n) is 29.7. The highest BCUT2D eigenvalue weighted by Gasteiger charge is 2.26. The number of hydrogen-bond acceptors (Lipinski definition) is 4. The summed E-state index contributed by atoms with van der Waals surface area (Å²) < 4.78 is 16.7. The third-order valence-electron chi connectivity index (χ3n) is 9.17. The van der Waals surface area contributed by atoms with Crippen molar-refractivity contribution in [1.82, 2.24) is 19.3 Å². The first kappa shape index (κ1) is 32.2. The van der Waals surface area contributed by atoms with Crippen LogP contribution in [-0.2, 0) is 5.41 Å². The average molecular weight is 649 g/mol. The summed E-state index contributed by atoms with van der Waals surface area (Å²) in [5.41, 5.74) is 8.84. The van der Waals surface area contributed by atoms with E-state index in [1.807, 2.05) is 12.1 Å². The molecule has 0 saturated carbocycles. The van der Waals surface area contributed by atoms with Crippen molar-refractivity contribution in [3.05, 3.63) is 126 Å². The Hall–Kier alpha value is -5.36. The molecule has 3 aromatic heterocycles. The molecule has 0 atom stereocenters. The molecule has 49 heavy (non-hydrogen) atoms. The minimum absolute atomic E-state index is 0.114. The number of ether oxygens (including phenoxy) is 2. The predicted molar refractivity (Wildman–Crippen MR) is 201 cm³/mol. The maximum Gasteiger partial charge on any atom is 0.141 e. The van der Waals surface area contributed by atoms with E-state index >= 15 is 0 Å². The van der Waals surface area contributed by atoms with Crippen molar-refractivity contribution in [3.8, 4) is 39.9 Å². The average Bonchev–Trinajstić information content (AvgIpc) is 3.65. The summed E-state index contributed by atoms with van der Waals surface area (Å²) in [5.74, 6) is 3.55. The fourth-order valence-corrected chi connectivity index (χ4v) is 6.73. The second kappa shape index (κ2) is 12.6. The lowest BCUT2D eigenvalue weighted by atomic mass is 9.86. The Morgan fingerprint density at radius 2 is 1.41 bits per heavy atom. The third kappa shape index (κ3) is 5.97. The molecule has 0 bridgehead atoms. The van der Waals surface area contributed by atoms with E-state index in [2.05, 4.69) is 149 Å². The normalized spacial score (nSPS) is 12.0. The summed E-state index contributed by atoms with van der Waals surface area (Å²) in [5, 5.41) is 7.60. The highest BCUT2D eigenvalue weighted by molar-refractivity contribution is 6.09. The summed E-state index contributed by atoms with van der Waals surface area (Å²) in [4.78, 5) is 4.73. The number of aromatic nitrogens is 4. The molecule has 0 unspecified atom stereocenters. The first-order valence-electron chi connectivity index (χ1n) is 17.1. The fraction of sp³-hybridized carbons (Fsp3) is 0.256. The molecule has 6 heteroatoms. The summed E-state index contributed by atoms with van der Waals surface area (Å²) in [6.45, 7) is 15.7. The number of fused-ring (bicyclic) bond motifs is 3. The van der Waals surface area contributed by atoms with E-state index in [4.69, 9.17) is 19.6 Å². The van der Waals surface area contributed by atoms with Gasteiger partial charge in [0.2, 0.25) is 0 Å². The van der Waals surface area contributed by atoms with Crippen molar-refractivity contribution in [3.63, 3.8) is 0 Å². The Morgan fingerprint density at radius 1 is 0.673 bits per heavy atom. The third-order valence-corrected chi connectivity index (χ3v) is 9.17. The van der Waals surface area contributed by atoms with Gasteiger partial charge in [0.15, 0.2) is 0 Å². The standard InChI is InChI=1S/C43H44N4O2/c1-27(2)41-40(29-14-10-9-11-15-29)42(28(3)4)47(45-41)31-22-30(43(5,6)7)23-34(24-31)49-33-18-19-36-35-16-12-13-17-37(35)46(38(36)25-33)39-26-32(48-8)20-21-44-39/h9-28H,1-8H3. The molecule has 7 aromatic rings. The van der Waals surface area contributed by atoms with E-state index in [9.17, 15) is 0 Å². The SMILES string of the molecule is COc1ccnc(-n2c3ccccc3c3ccc(Oc4cc(-n5nc(C(C)C)c(-c6ccccc6)c5C(C)C)cc(C(C)(C)C)c4)cc32)c1. The monoisotopic (exact) mass is 648 g/mol. The Balaban J connectivity index is 1.39. The van der Waals surface area contributed by atoms with Crippen molar-refractivity contribution in [2.75, 3.05) is 7.11 Å². The maximum absolute atomic E-state index is 6.79. The maximum atomic E-state index is 6.79. The first-order valence-corrected chi connectivity index (χ1v) is 17.1. The van der Waals surface area contributed by atoms with Crippen molar-refractivity contribution >= 4 is 21.8 Å². The minimum atomic E-state index is -0.114. The molecule has 3 heterocycles. The summed E-state index contributed by atoms with van der Waals surface area (Å²) in [6.07, 6.45) is 1.78. The van der Waals surface area contributed by atoms with E-state index in [0.717, 1.165) is 56.3 Å². The number of pyridine rings is 1. The van der Waals surface area contributed by atoms with Crippen molar-refractivity contribution in [2.45, 2.75) is 65.7 Å². The fourth-order valence-electron chi connectivity index (χ4n) is 6.73. The lowest BCUT2D eigenvalue weighted by Gasteiger charge is -2.22. The molecular formula is C43H44N4O2. The van der Waals surface area contributed by atoms with Gasteiger partial charge in [0.25, 0.3) is 0 Å². The number of hydrogen-bond donors (Lipinski definition) is 0. The quantitative estimate of drug-likeness (QED) is 0.165. The number of benzene rings is 4. The number of para-hydroxylation sites is 1. The van der Waals surface area contributed by atoms with Crippen LogP contribution in [0.2, 0.25) is 0 Å². The molecule has 0 aliphatic rings. The smallest absolute Gasteiger partial charge is 0.141 e. The molecule has 0 N–H and O–H groups in total. The first-order chi connectivity index (χ1) is 23.5. The van der Waals surface area contributed by atoms with E-state index in [0.29, 0.717) is 0 Å². The largest absolute Gasteiger partial charge is 0.497 e. The van der Waals surface area contributed by atoms with Crippen molar-refractivity contribution < 1.29 is 9.47 Å². The molecule has 0 saturated heterocycles. The number of methoxy groups -OCH3 is 1. The molecule has 6 nitrogen and oxygen atoms in total. The van der Waals surface area contributed by atoms with Crippen LogP contribution in [0, 0.1) is 0 Å². The van der Waals surface area contributed by atoms with Crippen LogP contribution in [0.3, 0.4) is 0 Å². The van der Waals surface area contributed by atoms with Gasteiger partial charge < -0.3 is 9.47 Å². The van der Waals surface area contributed by atoms with Crippen LogP contribution in [0.25, 0.3) is 44.4 Å². The van der Waals surface area contributed by atoms with Crippen LogP contribution in [-0.4, -0.2) is 26.4 Å². The molecule has 0 radical (unpaired) electrons. The van der Waals surface area contributed by atoms with Crippen LogP contribution in [0.5, 0.6) is 17.2 Å². The van der Waals surface area contributed by atoms with Crippen LogP contribution >= 0.6 is 0 Å². The van der Waals surface area contributed by atoms with Crippen LogP contribution in [0.4, 0.5) is 0 Å². The van der Waals surface area contributed by atoms with Gasteiger partial charge in [-0.15, -0.1) is 0 Å². The molecule has 7 rings (SSSR count). The molecule has 0 amide bonds. The molecule has 0 spiro atoms. The topological polar surface area (TPSA) is 54.1 Å². The molecule has 0 aliphatic carbocycles. The van der Waals surface area contributed by atoms with E-state index in [1.165, 1.54) is 22.4 Å². The van der Waals surface area contributed by atoms with Crippen molar-refractivity contribution in [2.24, 2.45) is 0 Å². The van der Waals surface area contributed by atoms with E-state index < -0.39 is 0 Å². The second-order valence-corrected chi connectivity index (χ2v) is 14.4. The summed E-state index contributed by atoms with van der Waals surface area (Å²) in [6, 6.07) is 35.7. The van der Waals surface area contributed by atoms with Gasteiger partial charge in [-0.05, 0) is 64.8 Å². The van der Waals surface area contributed by atoms with Gasteiger partial charge in [-0.3, -0.25) is 4.57 Å². The Kier molecular flexibility index (Phi) is 8.27. The lowest BCUT2D eigenvalue weighted by Crippen LogP contribution is -2.13. The van der Waals surface area contributed by atoms with Gasteiger partial charge in [-0.1, -0.05) is 97.0 Å². The molecule has 0 fully saturated rings. The van der Waals surface area contributed by atoms with Crippen molar-refractivity contribution in [1.29, 1.82) is 0 Å².